The summed E-state index contributed by atoms with van der Waals surface area (Å²) in [6, 6.07) is 6.76. The Morgan fingerprint density at radius 3 is 2.61 bits per heavy atom. The van der Waals surface area contributed by atoms with E-state index in [9.17, 15) is 14.7 Å². The van der Waals surface area contributed by atoms with Gasteiger partial charge in [0.2, 0.25) is 11.8 Å². The van der Waals surface area contributed by atoms with Gasteiger partial charge in [-0.2, -0.15) is 0 Å². The number of ether oxygens (including phenoxy) is 2. The molecule has 1 aromatic carbocycles. The lowest BCUT2D eigenvalue weighted by atomic mass is 10.1. The Hall–Kier alpha value is -3.08. The van der Waals surface area contributed by atoms with Crippen LogP contribution in [0.2, 0.25) is 0 Å². The molecule has 0 radical (unpaired) electrons. The molecule has 10 heteroatoms. The van der Waals surface area contributed by atoms with Crippen molar-refractivity contribution < 1.29 is 24.2 Å². The molecule has 0 aliphatic heterocycles. The third-order valence-corrected chi connectivity index (χ3v) is 5.53. The van der Waals surface area contributed by atoms with Crippen LogP contribution in [-0.2, 0) is 32.2 Å². The molecule has 196 valence electrons. The Bertz CT molecular complexity index is 1200. The highest BCUT2D eigenvalue weighted by Gasteiger charge is 2.25. The zero-order chi connectivity index (χ0) is 26.3. The number of benzene rings is 1. The monoisotopic (exact) mass is 499 g/mol. The summed E-state index contributed by atoms with van der Waals surface area (Å²) in [4.78, 5) is 34.6. The number of hydrogen-bond donors (Lipinski definition) is 3. The van der Waals surface area contributed by atoms with Gasteiger partial charge in [0.15, 0.2) is 5.82 Å². The molecule has 10 nitrogen and oxygen atoms in total. The SMILES string of the molecule is CCCCOCC(=O)N[C@@H](C)C(=O)Nc1nc2ccccc2c2c1nc(COCC)n2CC(C)(C)O. The average Bonchev–Trinajstić information content (AvgIpc) is 3.17. The molecule has 36 heavy (non-hydrogen) atoms. The van der Waals surface area contributed by atoms with E-state index in [0.29, 0.717) is 30.1 Å². The summed E-state index contributed by atoms with van der Waals surface area (Å²) < 4.78 is 12.9. The van der Waals surface area contributed by atoms with Crippen LogP contribution in [0.4, 0.5) is 5.82 Å². The molecule has 0 unspecified atom stereocenters. The number of carbonyl (C=O) groups excluding carboxylic acids is 2. The molecule has 0 fully saturated rings. The first-order chi connectivity index (χ1) is 17.1. The smallest absolute Gasteiger partial charge is 0.247 e. The fourth-order valence-electron chi connectivity index (χ4n) is 3.81. The Balaban J connectivity index is 1.95. The quantitative estimate of drug-likeness (QED) is 0.308. The van der Waals surface area contributed by atoms with Crippen molar-refractivity contribution in [2.75, 3.05) is 25.1 Å². The van der Waals surface area contributed by atoms with Gasteiger partial charge in [0, 0.05) is 18.6 Å². The van der Waals surface area contributed by atoms with Gasteiger partial charge in [-0.3, -0.25) is 9.59 Å². The van der Waals surface area contributed by atoms with Crippen molar-refractivity contribution >= 4 is 39.6 Å². The maximum absolute atomic E-state index is 13.0. The molecule has 1 atom stereocenters. The van der Waals surface area contributed by atoms with E-state index in [4.69, 9.17) is 14.5 Å². The lowest BCUT2D eigenvalue weighted by Crippen LogP contribution is -2.43. The number of unbranched alkanes of at least 4 members (excludes halogenated alkanes) is 1. The van der Waals surface area contributed by atoms with Crippen LogP contribution < -0.4 is 10.6 Å². The molecule has 3 aromatic rings. The number of imidazole rings is 1. The van der Waals surface area contributed by atoms with Crippen molar-refractivity contribution in [2.45, 2.75) is 72.3 Å². The molecule has 2 heterocycles. The summed E-state index contributed by atoms with van der Waals surface area (Å²) in [5.41, 5.74) is 0.887. The van der Waals surface area contributed by atoms with E-state index in [-0.39, 0.29) is 31.5 Å². The molecule has 0 spiro atoms. The number of anilines is 1. The number of aliphatic hydroxyl groups is 1. The molecule has 2 amide bonds. The van der Waals surface area contributed by atoms with Gasteiger partial charge in [-0.15, -0.1) is 0 Å². The second-order valence-corrected chi connectivity index (χ2v) is 9.42. The number of carbonyl (C=O) groups is 2. The van der Waals surface area contributed by atoms with E-state index in [1.54, 1.807) is 20.8 Å². The largest absolute Gasteiger partial charge is 0.389 e. The summed E-state index contributed by atoms with van der Waals surface area (Å²) in [6.45, 7) is 10.4. The maximum Gasteiger partial charge on any atom is 0.247 e. The summed E-state index contributed by atoms with van der Waals surface area (Å²) in [5.74, 6) is 0.109. The van der Waals surface area contributed by atoms with Crippen LogP contribution in [0.3, 0.4) is 0 Å². The van der Waals surface area contributed by atoms with Crippen LogP contribution >= 0.6 is 0 Å². The highest BCUT2D eigenvalue weighted by molar-refractivity contribution is 6.10. The summed E-state index contributed by atoms with van der Waals surface area (Å²) >= 11 is 0. The van der Waals surface area contributed by atoms with E-state index in [1.165, 1.54) is 0 Å². The number of aromatic nitrogens is 3. The van der Waals surface area contributed by atoms with Crippen LogP contribution in [0.1, 0.15) is 53.3 Å². The fourth-order valence-corrected chi connectivity index (χ4v) is 3.81. The number of rotatable bonds is 13. The minimum absolute atomic E-state index is 0.0990. The summed E-state index contributed by atoms with van der Waals surface area (Å²) in [6.07, 6.45) is 1.85. The molecule has 0 aliphatic carbocycles. The molecule has 3 N–H and O–H groups in total. The maximum atomic E-state index is 13.0. The van der Waals surface area contributed by atoms with Crippen molar-refractivity contribution in [3.05, 3.63) is 30.1 Å². The van der Waals surface area contributed by atoms with E-state index in [2.05, 4.69) is 15.6 Å². The predicted octanol–water partition coefficient (Wildman–Crippen LogP) is 3.15. The van der Waals surface area contributed by atoms with Crippen LogP contribution in [0.25, 0.3) is 21.9 Å². The normalized spacial score (nSPS) is 12.7. The number of hydrogen-bond acceptors (Lipinski definition) is 7. The van der Waals surface area contributed by atoms with E-state index in [1.807, 2.05) is 42.7 Å². The first-order valence-electron chi connectivity index (χ1n) is 12.4. The highest BCUT2D eigenvalue weighted by Crippen LogP contribution is 2.31. The van der Waals surface area contributed by atoms with Gasteiger partial charge in [0.05, 0.1) is 23.2 Å². The van der Waals surface area contributed by atoms with Gasteiger partial charge in [-0.25, -0.2) is 9.97 Å². The molecule has 0 aliphatic rings. The second kappa shape index (κ2) is 12.2. The topological polar surface area (TPSA) is 128 Å². The Morgan fingerprint density at radius 1 is 1.17 bits per heavy atom. The Labute approximate surface area is 211 Å². The molecular formula is C26H37N5O5. The van der Waals surface area contributed by atoms with Crippen molar-refractivity contribution in [1.82, 2.24) is 19.9 Å². The standard InChI is InChI=1S/C26H37N5O5/c1-6-8-13-36-15-21(32)27-17(3)25(33)30-24-22-23(18-11-9-10-12-19(18)28-24)31(16-26(4,5)34)20(29-22)14-35-7-2/h9-12,17,34H,6-8,13-16H2,1-5H3,(H,27,32)(H,28,30,33)/t17-/m0/s1. The van der Waals surface area contributed by atoms with Crippen LogP contribution in [-0.4, -0.2) is 62.9 Å². The van der Waals surface area contributed by atoms with Gasteiger partial charge in [0.1, 0.15) is 30.6 Å². The van der Waals surface area contributed by atoms with Crippen LogP contribution in [0, 0.1) is 0 Å². The van der Waals surface area contributed by atoms with Gasteiger partial charge < -0.3 is 29.8 Å². The number of pyridine rings is 1. The van der Waals surface area contributed by atoms with Gasteiger partial charge in [-0.1, -0.05) is 31.5 Å². The van der Waals surface area contributed by atoms with Gasteiger partial charge >= 0.3 is 0 Å². The highest BCUT2D eigenvalue weighted by atomic mass is 16.5. The van der Waals surface area contributed by atoms with Crippen molar-refractivity contribution in [3.8, 4) is 0 Å². The second-order valence-electron chi connectivity index (χ2n) is 9.42. The number of fused-ring (bicyclic) bond motifs is 3. The number of nitrogens with zero attached hydrogens (tertiary/aromatic N) is 3. The van der Waals surface area contributed by atoms with E-state index >= 15 is 0 Å². The third-order valence-electron chi connectivity index (χ3n) is 5.53. The number of nitrogens with one attached hydrogen (secondary N) is 2. The van der Waals surface area contributed by atoms with E-state index in [0.717, 1.165) is 23.7 Å². The van der Waals surface area contributed by atoms with E-state index < -0.39 is 17.6 Å². The zero-order valence-corrected chi connectivity index (χ0v) is 21.8. The van der Waals surface area contributed by atoms with Gasteiger partial charge in [-0.05, 0) is 40.2 Å². The third kappa shape index (κ3) is 6.99. The molecule has 0 saturated heterocycles. The van der Waals surface area contributed by atoms with Crippen molar-refractivity contribution in [1.29, 1.82) is 0 Å². The minimum Gasteiger partial charge on any atom is -0.389 e. The van der Waals surface area contributed by atoms with Crippen molar-refractivity contribution in [2.24, 2.45) is 0 Å². The zero-order valence-electron chi connectivity index (χ0n) is 21.8. The molecule has 3 rings (SSSR count). The first kappa shape index (κ1) is 27.5. The minimum atomic E-state index is -1.01. The van der Waals surface area contributed by atoms with Crippen LogP contribution in [0.15, 0.2) is 24.3 Å². The predicted molar refractivity (Wildman–Crippen MR) is 139 cm³/mol. The number of amides is 2. The Kier molecular flexibility index (Phi) is 9.36. The van der Waals surface area contributed by atoms with Gasteiger partial charge in [0.25, 0.3) is 0 Å². The molecular weight excluding hydrogens is 462 g/mol. The molecule has 0 bridgehead atoms. The lowest BCUT2D eigenvalue weighted by molar-refractivity contribution is -0.129. The Morgan fingerprint density at radius 2 is 1.92 bits per heavy atom. The first-order valence-corrected chi connectivity index (χ1v) is 12.4. The summed E-state index contributed by atoms with van der Waals surface area (Å²) in [7, 11) is 0. The summed E-state index contributed by atoms with van der Waals surface area (Å²) in [5, 5.41) is 16.9. The van der Waals surface area contributed by atoms with Crippen LogP contribution in [0.5, 0.6) is 0 Å². The van der Waals surface area contributed by atoms with Crippen molar-refractivity contribution in [3.63, 3.8) is 0 Å². The fraction of sp³-hybridized carbons (Fsp3) is 0.538. The average molecular weight is 500 g/mol. The number of para-hydroxylation sites is 1. The lowest BCUT2D eigenvalue weighted by Gasteiger charge is -2.21. The molecule has 0 saturated carbocycles. The molecule has 2 aromatic heterocycles.